The van der Waals surface area contributed by atoms with Crippen molar-refractivity contribution < 1.29 is 13.2 Å². The Hall–Kier alpha value is -3.36. The monoisotopic (exact) mass is 478 g/mol. The molecular formula is C26H30N4O3S. The van der Waals surface area contributed by atoms with E-state index in [1.165, 1.54) is 30.0 Å². The van der Waals surface area contributed by atoms with Gasteiger partial charge in [-0.15, -0.1) is 0 Å². The summed E-state index contributed by atoms with van der Waals surface area (Å²) < 4.78 is 28.0. The lowest BCUT2D eigenvalue weighted by Crippen LogP contribution is -2.44. The number of aryl methyl sites for hydroxylation is 2. The summed E-state index contributed by atoms with van der Waals surface area (Å²) in [5, 5.41) is 2.91. The molecule has 1 aliphatic heterocycles. The van der Waals surface area contributed by atoms with Gasteiger partial charge >= 0.3 is 0 Å². The van der Waals surface area contributed by atoms with E-state index in [0.717, 1.165) is 37.3 Å². The van der Waals surface area contributed by atoms with E-state index in [4.69, 9.17) is 0 Å². The Morgan fingerprint density at radius 1 is 0.853 bits per heavy atom. The average molecular weight is 479 g/mol. The zero-order chi connectivity index (χ0) is 24.3. The third-order valence-corrected chi connectivity index (χ3v) is 7.50. The lowest BCUT2D eigenvalue weighted by Gasteiger charge is -2.35. The van der Waals surface area contributed by atoms with Crippen molar-refractivity contribution in [2.45, 2.75) is 18.7 Å². The smallest absolute Gasteiger partial charge is 0.261 e. The third kappa shape index (κ3) is 5.40. The fourth-order valence-corrected chi connectivity index (χ4v) is 5.15. The Bertz CT molecular complexity index is 1280. The number of amides is 1. The number of para-hydroxylation sites is 1. The minimum absolute atomic E-state index is 0.0969. The molecular weight excluding hydrogens is 448 g/mol. The minimum atomic E-state index is -3.75. The largest absolute Gasteiger partial charge is 0.369 e. The van der Waals surface area contributed by atoms with Gasteiger partial charge in [0.1, 0.15) is 0 Å². The molecule has 1 aliphatic rings. The number of nitrogens with zero attached hydrogens (tertiary/aromatic N) is 2. The number of hydrogen-bond donors (Lipinski definition) is 2. The molecule has 0 aromatic heterocycles. The molecule has 3 aromatic rings. The van der Waals surface area contributed by atoms with E-state index < -0.39 is 10.0 Å². The summed E-state index contributed by atoms with van der Waals surface area (Å²) >= 11 is 0. The van der Waals surface area contributed by atoms with Crippen LogP contribution in [0.2, 0.25) is 0 Å². The number of rotatable bonds is 6. The van der Waals surface area contributed by atoms with Crippen LogP contribution in [0.5, 0.6) is 0 Å². The number of benzene rings is 3. The number of likely N-dealkylation sites (N-methyl/N-ethyl adjacent to an activating group) is 1. The standard InChI is InChI=1S/C26H30N4O3S/c1-19-6-4-5-7-24(19)28-34(32,33)23-11-8-21(9-12-23)26(31)27-22-10-13-25(20(2)18-22)30-16-14-29(3)15-17-30/h4-13,18,28H,14-17H2,1-3H3,(H,27,31). The van der Waals surface area contributed by atoms with Gasteiger partial charge in [-0.05, 0) is 80.6 Å². The average Bonchev–Trinajstić information content (AvgIpc) is 2.81. The van der Waals surface area contributed by atoms with E-state index in [1.807, 2.05) is 44.2 Å². The van der Waals surface area contributed by atoms with Crippen molar-refractivity contribution >= 4 is 33.0 Å². The Morgan fingerprint density at radius 3 is 2.18 bits per heavy atom. The molecule has 4 rings (SSSR count). The van der Waals surface area contributed by atoms with Gasteiger partial charge in [0.05, 0.1) is 10.6 Å². The van der Waals surface area contributed by atoms with Gasteiger partial charge in [-0.1, -0.05) is 18.2 Å². The fraction of sp³-hybridized carbons (Fsp3) is 0.269. The highest BCUT2D eigenvalue weighted by Crippen LogP contribution is 2.25. The van der Waals surface area contributed by atoms with Crippen LogP contribution in [0.4, 0.5) is 17.1 Å². The highest BCUT2D eigenvalue weighted by molar-refractivity contribution is 7.92. The van der Waals surface area contributed by atoms with Crippen molar-refractivity contribution in [3.63, 3.8) is 0 Å². The van der Waals surface area contributed by atoms with E-state index in [1.54, 1.807) is 12.1 Å². The van der Waals surface area contributed by atoms with Crippen molar-refractivity contribution in [1.29, 1.82) is 0 Å². The van der Waals surface area contributed by atoms with Gasteiger partial charge < -0.3 is 15.1 Å². The third-order valence-electron chi connectivity index (χ3n) is 6.11. The van der Waals surface area contributed by atoms with Crippen LogP contribution in [-0.2, 0) is 10.0 Å². The molecule has 8 heteroatoms. The maximum atomic E-state index is 12.8. The highest BCUT2D eigenvalue weighted by Gasteiger charge is 2.18. The first-order valence-corrected chi connectivity index (χ1v) is 12.8. The number of nitrogens with one attached hydrogen (secondary N) is 2. The van der Waals surface area contributed by atoms with Crippen LogP contribution in [0, 0.1) is 13.8 Å². The maximum absolute atomic E-state index is 12.8. The Labute approximate surface area is 201 Å². The molecule has 0 radical (unpaired) electrons. The predicted octanol–water partition coefficient (Wildman–Crippen LogP) is 4.11. The van der Waals surface area contributed by atoms with E-state index in [0.29, 0.717) is 16.9 Å². The lowest BCUT2D eigenvalue weighted by molar-refractivity contribution is 0.102. The summed E-state index contributed by atoms with van der Waals surface area (Å²) in [6.45, 7) is 7.91. The van der Waals surface area contributed by atoms with Gasteiger partial charge in [0.2, 0.25) is 0 Å². The summed E-state index contributed by atoms with van der Waals surface area (Å²) in [5.41, 5.74) is 4.73. The summed E-state index contributed by atoms with van der Waals surface area (Å²) in [7, 11) is -1.62. The summed E-state index contributed by atoms with van der Waals surface area (Å²) in [4.78, 5) is 17.5. The van der Waals surface area contributed by atoms with Gasteiger partial charge in [-0.25, -0.2) is 8.42 Å². The van der Waals surface area contributed by atoms with Crippen molar-refractivity contribution in [2.24, 2.45) is 0 Å². The van der Waals surface area contributed by atoms with Crippen LogP contribution >= 0.6 is 0 Å². The Balaban J connectivity index is 1.43. The molecule has 0 spiro atoms. The predicted molar refractivity (Wildman–Crippen MR) is 137 cm³/mol. The van der Waals surface area contributed by atoms with Crippen LogP contribution in [0.25, 0.3) is 0 Å². The quantitative estimate of drug-likeness (QED) is 0.557. The molecule has 0 aliphatic carbocycles. The van der Waals surface area contributed by atoms with Crippen molar-refractivity contribution in [3.05, 3.63) is 83.4 Å². The normalized spacial score (nSPS) is 14.6. The SMILES string of the molecule is Cc1ccccc1NS(=O)(=O)c1ccc(C(=O)Nc2ccc(N3CCN(C)CC3)c(C)c2)cc1. The number of anilines is 3. The first-order valence-electron chi connectivity index (χ1n) is 11.3. The fourth-order valence-electron chi connectivity index (χ4n) is 4.02. The van der Waals surface area contributed by atoms with Gasteiger partial charge in [0, 0.05) is 43.1 Å². The molecule has 1 fully saturated rings. The second-order valence-corrected chi connectivity index (χ2v) is 10.4. The van der Waals surface area contributed by atoms with Gasteiger partial charge in [0.15, 0.2) is 0 Å². The first-order chi connectivity index (χ1) is 16.2. The Kier molecular flexibility index (Phi) is 6.90. The summed E-state index contributed by atoms with van der Waals surface area (Å²) in [6.07, 6.45) is 0. The number of hydrogen-bond acceptors (Lipinski definition) is 5. The van der Waals surface area contributed by atoms with E-state index in [9.17, 15) is 13.2 Å². The van der Waals surface area contributed by atoms with Gasteiger partial charge in [-0.3, -0.25) is 9.52 Å². The van der Waals surface area contributed by atoms with Crippen LogP contribution < -0.4 is 14.9 Å². The zero-order valence-electron chi connectivity index (χ0n) is 19.7. The second-order valence-electron chi connectivity index (χ2n) is 8.69. The van der Waals surface area contributed by atoms with E-state index in [-0.39, 0.29) is 10.8 Å². The van der Waals surface area contributed by atoms with Gasteiger partial charge in [0.25, 0.3) is 15.9 Å². The molecule has 3 aromatic carbocycles. The molecule has 7 nitrogen and oxygen atoms in total. The number of piperazine rings is 1. The highest BCUT2D eigenvalue weighted by atomic mass is 32.2. The summed E-state index contributed by atoms with van der Waals surface area (Å²) in [6, 6.07) is 19.0. The molecule has 0 atom stereocenters. The van der Waals surface area contributed by atoms with Crippen LogP contribution in [0.1, 0.15) is 21.5 Å². The molecule has 34 heavy (non-hydrogen) atoms. The first kappa shape index (κ1) is 23.8. The van der Waals surface area contributed by atoms with E-state index >= 15 is 0 Å². The minimum Gasteiger partial charge on any atom is -0.369 e. The van der Waals surface area contributed by atoms with Crippen LogP contribution in [0.3, 0.4) is 0 Å². The molecule has 1 saturated heterocycles. The van der Waals surface area contributed by atoms with Gasteiger partial charge in [-0.2, -0.15) is 0 Å². The Morgan fingerprint density at radius 2 is 1.53 bits per heavy atom. The molecule has 0 unspecified atom stereocenters. The van der Waals surface area contributed by atoms with Crippen molar-refractivity contribution in [1.82, 2.24) is 4.90 Å². The lowest BCUT2D eigenvalue weighted by atomic mass is 10.1. The number of sulfonamides is 1. The van der Waals surface area contributed by atoms with Crippen LogP contribution in [0.15, 0.2) is 71.6 Å². The molecule has 0 saturated carbocycles. The van der Waals surface area contributed by atoms with Crippen LogP contribution in [-0.4, -0.2) is 52.5 Å². The molecule has 1 heterocycles. The summed E-state index contributed by atoms with van der Waals surface area (Å²) in [5.74, 6) is -0.289. The topological polar surface area (TPSA) is 81.7 Å². The van der Waals surface area contributed by atoms with E-state index in [2.05, 4.69) is 26.9 Å². The number of carbonyl (C=O) groups is 1. The second kappa shape index (κ2) is 9.87. The zero-order valence-corrected chi connectivity index (χ0v) is 20.5. The number of carbonyl (C=O) groups excluding carboxylic acids is 1. The maximum Gasteiger partial charge on any atom is 0.261 e. The van der Waals surface area contributed by atoms with Crippen molar-refractivity contribution in [3.8, 4) is 0 Å². The van der Waals surface area contributed by atoms with Crippen molar-refractivity contribution in [2.75, 3.05) is 48.2 Å². The molecule has 2 N–H and O–H groups in total. The molecule has 0 bridgehead atoms. The molecule has 1 amide bonds. The molecule has 178 valence electrons.